The van der Waals surface area contributed by atoms with E-state index in [0.717, 1.165) is 11.1 Å². The molecule has 0 unspecified atom stereocenters. The summed E-state index contributed by atoms with van der Waals surface area (Å²) in [6.45, 7) is 7.00. The molecule has 1 aliphatic heterocycles. The summed E-state index contributed by atoms with van der Waals surface area (Å²) in [5, 5.41) is 10.6. The van der Waals surface area contributed by atoms with E-state index in [1.807, 2.05) is 12.1 Å². The first-order valence-electron chi connectivity index (χ1n) is 8.48. The molecular formula is C20H25N7. The van der Waals surface area contributed by atoms with Gasteiger partial charge in [-0.3, -0.25) is 10.0 Å². The summed E-state index contributed by atoms with van der Waals surface area (Å²) in [6, 6.07) is 5.53. The largest absolute Gasteiger partial charge is 0.404 e. The third-order valence-electron chi connectivity index (χ3n) is 3.75. The van der Waals surface area contributed by atoms with Crippen LogP contribution in [0.25, 0.3) is 11.1 Å². The molecule has 6 N–H and O–H groups in total. The van der Waals surface area contributed by atoms with E-state index in [2.05, 4.69) is 36.8 Å². The molecule has 1 aliphatic rings. The van der Waals surface area contributed by atoms with Crippen molar-refractivity contribution in [2.24, 2.45) is 27.7 Å². The molecule has 27 heavy (non-hydrogen) atoms. The van der Waals surface area contributed by atoms with E-state index >= 15 is 0 Å². The highest BCUT2D eigenvalue weighted by Gasteiger charge is 2.16. The smallest absolute Gasteiger partial charge is 0.141 e. The average molecular weight is 363 g/mol. The molecule has 1 aromatic rings. The molecule has 0 aromatic carbocycles. The van der Waals surface area contributed by atoms with E-state index in [1.54, 1.807) is 24.6 Å². The summed E-state index contributed by atoms with van der Waals surface area (Å²) in [6.07, 6.45) is 9.95. The van der Waals surface area contributed by atoms with Gasteiger partial charge in [-0.2, -0.15) is 5.26 Å². The lowest BCUT2D eigenvalue weighted by molar-refractivity contribution is 0.430. The fourth-order valence-corrected chi connectivity index (χ4v) is 2.40. The highest BCUT2D eigenvalue weighted by molar-refractivity contribution is 6.11. The van der Waals surface area contributed by atoms with Crippen molar-refractivity contribution in [1.29, 1.82) is 5.26 Å². The summed E-state index contributed by atoms with van der Waals surface area (Å²) in [5.41, 5.74) is 15.2. The highest BCUT2D eigenvalue weighted by Crippen LogP contribution is 2.27. The molecule has 2 heterocycles. The van der Waals surface area contributed by atoms with Crippen LogP contribution in [0.5, 0.6) is 0 Å². The van der Waals surface area contributed by atoms with Crippen molar-refractivity contribution in [3.05, 3.63) is 65.5 Å². The summed E-state index contributed by atoms with van der Waals surface area (Å²) < 4.78 is 0. The first-order chi connectivity index (χ1) is 12.8. The Bertz CT molecular complexity index is 890. The fraction of sp³-hybridized carbons (Fsp3) is 0.250. The lowest BCUT2D eigenvalue weighted by Crippen LogP contribution is -2.26. The second kappa shape index (κ2) is 8.34. The summed E-state index contributed by atoms with van der Waals surface area (Å²) in [7, 11) is 0. The van der Waals surface area contributed by atoms with E-state index in [-0.39, 0.29) is 5.41 Å². The standard InChI is InChI=1S/C20H25N7/c1-20(2,3)13-25-11-15(8-21)18-7-5-16(9-22)26-19(18)14-4-6-17(10-23)27(24)12-14/h4-8,10-12H,13,21,23-24H2,1-3H3/b15-8?,17-10-,25-11?. The van der Waals surface area contributed by atoms with Gasteiger partial charge in [0.15, 0.2) is 0 Å². The Kier molecular flexibility index (Phi) is 6.16. The number of aromatic nitrogens is 1. The Morgan fingerprint density at radius 1 is 1.30 bits per heavy atom. The van der Waals surface area contributed by atoms with Crippen LogP contribution in [0.2, 0.25) is 0 Å². The van der Waals surface area contributed by atoms with Crippen molar-refractivity contribution in [1.82, 2.24) is 9.99 Å². The fourth-order valence-electron chi connectivity index (χ4n) is 2.40. The van der Waals surface area contributed by atoms with Crippen LogP contribution in [0.15, 0.2) is 53.6 Å². The average Bonchev–Trinajstić information content (AvgIpc) is 2.64. The van der Waals surface area contributed by atoms with Crippen molar-refractivity contribution >= 4 is 17.4 Å². The zero-order valence-corrected chi connectivity index (χ0v) is 15.8. The third-order valence-corrected chi connectivity index (χ3v) is 3.75. The van der Waals surface area contributed by atoms with Crippen LogP contribution in [0.4, 0.5) is 0 Å². The van der Waals surface area contributed by atoms with Crippen molar-refractivity contribution in [3.8, 4) is 6.07 Å². The molecule has 0 spiro atoms. The first-order valence-corrected chi connectivity index (χ1v) is 8.48. The maximum atomic E-state index is 9.23. The molecule has 0 bridgehead atoms. The van der Waals surface area contributed by atoms with Crippen LogP contribution >= 0.6 is 0 Å². The molecule has 7 heteroatoms. The van der Waals surface area contributed by atoms with Gasteiger partial charge < -0.3 is 11.5 Å². The molecule has 1 aromatic heterocycles. The number of allylic oxidation sites excluding steroid dienone is 4. The molecule has 0 atom stereocenters. The Balaban J connectivity index is 2.49. The van der Waals surface area contributed by atoms with Gasteiger partial charge in [-0.25, -0.2) is 10.8 Å². The number of hydrogen-bond donors (Lipinski definition) is 3. The second-order valence-electron chi connectivity index (χ2n) is 7.27. The monoisotopic (exact) mass is 363 g/mol. The van der Waals surface area contributed by atoms with Gasteiger partial charge in [0.2, 0.25) is 0 Å². The Hall–Kier alpha value is -3.37. The Morgan fingerprint density at radius 3 is 2.59 bits per heavy atom. The molecule has 0 fully saturated rings. The number of nitrogens with two attached hydrogens (primary N) is 3. The van der Waals surface area contributed by atoms with Gasteiger partial charge in [-0.1, -0.05) is 20.8 Å². The normalized spacial score (nSPS) is 16.7. The zero-order chi connectivity index (χ0) is 20.0. The van der Waals surface area contributed by atoms with Gasteiger partial charge in [0, 0.05) is 48.1 Å². The second-order valence-corrected chi connectivity index (χ2v) is 7.27. The minimum atomic E-state index is 0.0710. The SMILES string of the molecule is CC(C)(C)CN=CC(=CN)c1ccc(C#N)nc1C1=CN(N)/C(=C\N)C=C1. The quantitative estimate of drug-likeness (QED) is 0.555. The highest BCUT2D eigenvalue weighted by atomic mass is 15.4. The number of hydrogen-bond acceptors (Lipinski definition) is 7. The minimum absolute atomic E-state index is 0.0710. The van der Waals surface area contributed by atoms with Crippen LogP contribution in [-0.4, -0.2) is 22.8 Å². The molecule has 0 amide bonds. The van der Waals surface area contributed by atoms with Gasteiger partial charge in [0.25, 0.3) is 0 Å². The van der Waals surface area contributed by atoms with E-state index in [1.165, 1.54) is 17.4 Å². The van der Waals surface area contributed by atoms with Crippen LogP contribution in [0.3, 0.4) is 0 Å². The molecule has 7 nitrogen and oxygen atoms in total. The maximum Gasteiger partial charge on any atom is 0.141 e. The molecular weight excluding hydrogens is 338 g/mol. The Morgan fingerprint density at radius 2 is 2.04 bits per heavy atom. The molecule has 0 saturated carbocycles. The number of hydrazine groups is 1. The van der Waals surface area contributed by atoms with E-state index in [4.69, 9.17) is 17.3 Å². The lowest BCUT2D eigenvalue weighted by Gasteiger charge is -2.21. The number of aliphatic imine (C=N–C) groups is 1. The van der Waals surface area contributed by atoms with Crippen molar-refractivity contribution in [3.63, 3.8) is 0 Å². The van der Waals surface area contributed by atoms with Crippen molar-refractivity contribution < 1.29 is 0 Å². The van der Waals surface area contributed by atoms with Crippen molar-refractivity contribution in [2.75, 3.05) is 6.54 Å². The molecule has 0 radical (unpaired) electrons. The number of pyridine rings is 1. The van der Waals surface area contributed by atoms with Gasteiger partial charge in [-0.15, -0.1) is 0 Å². The molecule has 0 saturated heterocycles. The predicted octanol–water partition coefficient (Wildman–Crippen LogP) is 2.26. The molecule has 2 rings (SSSR count). The van der Waals surface area contributed by atoms with Gasteiger partial charge >= 0.3 is 0 Å². The van der Waals surface area contributed by atoms with Crippen LogP contribution < -0.4 is 17.3 Å². The van der Waals surface area contributed by atoms with Crippen LogP contribution in [-0.2, 0) is 0 Å². The number of nitriles is 1. The summed E-state index contributed by atoms with van der Waals surface area (Å²) >= 11 is 0. The molecule has 140 valence electrons. The van der Waals surface area contributed by atoms with E-state index in [9.17, 15) is 5.26 Å². The van der Waals surface area contributed by atoms with E-state index in [0.29, 0.717) is 29.2 Å². The van der Waals surface area contributed by atoms with Crippen LogP contribution in [0.1, 0.15) is 37.7 Å². The van der Waals surface area contributed by atoms with Crippen LogP contribution in [0, 0.1) is 16.7 Å². The summed E-state index contributed by atoms with van der Waals surface area (Å²) in [4.78, 5) is 8.95. The predicted molar refractivity (Wildman–Crippen MR) is 109 cm³/mol. The van der Waals surface area contributed by atoms with Gasteiger partial charge in [0.1, 0.15) is 11.8 Å². The maximum absolute atomic E-state index is 9.23. The number of nitrogens with zero attached hydrogens (tertiary/aromatic N) is 4. The van der Waals surface area contributed by atoms with Crippen molar-refractivity contribution in [2.45, 2.75) is 20.8 Å². The third kappa shape index (κ3) is 5.06. The van der Waals surface area contributed by atoms with E-state index < -0.39 is 0 Å². The topological polar surface area (TPSA) is 130 Å². The Labute approximate surface area is 159 Å². The summed E-state index contributed by atoms with van der Waals surface area (Å²) in [5.74, 6) is 5.97. The first kappa shape index (κ1) is 19.9. The number of rotatable bonds is 4. The minimum Gasteiger partial charge on any atom is -0.404 e. The zero-order valence-electron chi connectivity index (χ0n) is 15.8. The van der Waals surface area contributed by atoms with Gasteiger partial charge in [0.05, 0.1) is 11.4 Å². The lowest BCUT2D eigenvalue weighted by atomic mass is 9.97. The van der Waals surface area contributed by atoms with Gasteiger partial charge in [-0.05, 0) is 29.7 Å². The molecule has 0 aliphatic carbocycles.